The number of fused-ring (bicyclic) bond motifs is 1. The first kappa shape index (κ1) is 9.41. The molecule has 0 spiro atoms. The van der Waals surface area contributed by atoms with E-state index in [-0.39, 0.29) is 13.3 Å². The minimum absolute atomic E-state index is 0.120. The molecule has 0 saturated heterocycles. The molecule has 0 bridgehead atoms. The van der Waals surface area contributed by atoms with Crippen LogP contribution < -0.4 is 10.9 Å². The van der Waals surface area contributed by atoms with Crippen LogP contribution in [0.4, 0.5) is 0 Å². The van der Waals surface area contributed by atoms with Crippen molar-refractivity contribution < 1.29 is 10.2 Å². The van der Waals surface area contributed by atoms with Gasteiger partial charge in [0.2, 0.25) is 0 Å². The summed E-state index contributed by atoms with van der Waals surface area (Å²) < 4.78 is 0. The average molecular weight is 214 g/mol. The van der Waals surface area contributed by atoms with E-state index in [1.807, 2.05) is 0 Å². The standard InChI is InChI=1S/C7H10N4O2S/c12-3-5-1-7(14)8-6-2-10(4-13)9-11(5)6/h1-2,9,12-13H,3-4H2,(H,8,14). The van der Waals surface area contributed by atoms with Crippen LogP contribution in [0.5, 0.6) is 0 Å². The Labute approximate surface area is 86.0 Å². The lowest BCUT2D eigenvalue weighted by Crippen LogP contribution is -2.46. The summed E-state index contributed by atoms with van der Waals surface area (Å²) in [5, 5.41) is 24.0. The Hall–Kier alpha value is -1.15. The maximum Gasteiger partial charge on any atom is 0.145 e. The number of hydrazine groups is 2. The number of hydrogen-bond donors (Lipinski definition) is 4. The highest BCUT2D eigenvalue weighted by Gasteiger charge is 2.26. The van der Waals surface area contributed by atoms with Crippen molar-refractivity contribution in [2.45, 2.75) is 0 Å². The largest absolute Gasteiger partial charge is 0.390 e. The normalized spacial score (nSPS) is 20.3. The molecule has 4 N–H and O–H groups in total. The number of thiocarbonyl (C=S) groups is 1. The lowest BCUT2D eigenvalue weighted by molar-refractivity contribution is 0.0582. The van der Waals surface area contributed by atoms with E-state index in [2.05, 4.69) is 10.9 Å². The lowest BCUT2D eigenvalue weighted by Gasteiger charge is -2.28. The minimum atomic E-state index is -0.160. The van der Waals surface area contributed by atoms with Gasteiger partial charge >= 0.3 is 0 Å². The molecule has 0 fully saturated rings. The topological polar surface area (TPSA) is 71.0 Å². The van der Waals surface area contributed by atoms with E-state index in [1.165, 1.54) is 5.01 Å². The Morgan fingerprint density at radius 3 is 2.86 bits per heavy atom. The van der Waals surface area contributed by atoms with Crippen LogP contribution in [0.1, 0.15) is 0 Å². The van der Waals surface area contributed by atoms with Gasteiger partial charge in [-0.1, -0.05) is 12.2 Å². The monoisotopic (exact) mass is 214 g/mol. The van der Waals surface area contributed by atoms with Crippen LogP contribution in [0.25, 0.3) is 0 Å². The predicted octanol–water partition coefficient (Wildman–Crippen LogP) is -1.42. The number of nitrogens with zero attached hydrogens (tertiary/aromatic N) is 2. The summed E-state index contributed by atoms with van der Waals surface area (Å²) >= 11 is 4.97. The molecule has 6 nitrogen and oxygen atoms in total. The van der Waals surface area contributed by atoms with Gasteiger partial charge in [-0.3, -0.25) is 5.01 Å². The van der Waals surface area contributed by atoms with Crippen molar-refractivity contribution in [1.82, 2.24) is 20.9 Å². The van der Waals surface area contributed by atoms with Crippen LogP contribution in [-0.4, -0.2) is 38.6 Å². The van der Waals surface area contributed by atoms with Crippen molar-refractivity contribution in [3.05, 3.63) is 23.8 Å². The maximum atomic E-state index is 9.07. The van der Waals surface area contributed by atoms with Crippen LogP contribution >= 0.6 is 12.2 Å². The van der Waals surface area contributed by atoms with E-state index < -0.39 is 0 Å². The summed E-state index contributed by atoms with van der Waals surface area (Å²) in [4.78, 5) is 0.540. The third-order valence-electron chi connectivity index (χ3n) is 1.90. The van der Waals surface area contributed by atoms with Gasteiger partial charge in [-0.15, -0.1) is 5.53 Å². The van der Waals surface area contributed by atoms with Crippen LogP contribution in [-0.2, 0) is 0 Å². The molecule has 2 aliphatic heterocycles. The molecule has 0 saturated carbocycles. The zero-order chi connectivity index (χ0) is 10.1. The molecule has 0 amide bonds. The summed E-state index contributed by atoms with van der Waals surface area (Å²) in [5.74, 6) is 0.690. The summed E-state index contributed by atoms with van der Waals surface area (Å²) in [6.07, 6.45) is 3.31. The number of hydrogen-bond acceptors (Lipinski definition) is 6. The zero-order valence-electron chi connectivity index (χ0n) is 7.27. The Kier molecular flexibility index (Phi) is 2.38. The Morgan fingerprint density at radius 2 is 2.21 bits per heavy atom. The Bertz CT molecular complexity index is 328. The molecule has 2 rings (SSSR count). The van der Waals surface area contributed by atoms with E-state index in [0.717, 1.165) is 0 Å². The highest BCUT2D eigenvalue weighted by molar-refractivity contribution is 7.80. The maximum absolute atomic E-state index is 9.07. The summed E-state index contributed by atoms with van der Waals surface area (Å²) in [6.45, 7) is -0.279. The molecule has 0 aromatic heterocycles. The van der Waals surface area contributed by atoms with Gasteiger partial charge in [-0.2, -0.15) is 0 Å². The third-order valence-corrected chi connectivity index (χ3v) is 2.12. The Morgan fingerprint density at radius 1 is 1.43 bits per heavy atom. The first-order chi connectivity index (χ1) is 6.74. The molecule has 2 aliphatic rings. The fourth-order valence-corrected chi connectivity index (χ4v) is 1.53. The van der Waals surface area contributed by atoms with E-state index in [4.69, 9.17) is 22.4 Å². The van der Waals surface area contributed by atoms with E-state index in [1.54, 1.807) is 17.3 Å². The van der Waals surface area contributed by atoms with Crippen molar-refractivity contribution in [2.24, 2.45) is 0 Å². The van der Waals surface area contributed by atoms with Crippen molar-refractivity contribution in [3.63, 3.8) is 0 Å². The zero-order valence-corrected chi connectivity index (χ0v) is 8.08. The quantitative estimate of drug-likeness (QED) is 0.420. The van der Waals surface area contributed by atoms with Crippen molar-refractivity contribution in [1.29, 1.82) is 0 Å². The van der Waals surface area contributed by atoms with Crippen LogP contribution in [0.3, 0.4) is 0 Å². The Balaban J connectivity index is 2.25. The highest BCUT2D eigenvalue weighted by Crippen LogP contribution is 2.18. The molecule has 0 atom stereocenters. The molecule has 7 heteroatoms. The van der Waals surface area contributed by atoms with Gasteiger partial charge in [0.15, 0.2) is 0 Å². The number of aliphatic hydroxyl groups excluding tert-OH is 2. The fourth-order valence-electron chi connectivity index (χ4n) is 1.29. The van der Waals surface area contributed by atoms with Gasteiger partial charge in [0, 0.05) is 0 Å². The van der Waals surface area contributed by atoms with Gasteiger partial charge in [0.1, 0.15) is 17.5 Å². The summed E-state index contributed by atoms with van der Waals surface area (Å²) in [7, 11) is 0. The number of nitrogens with one attached hydrogen (secondary N) is 2. The first-order valence-electron chi connectivity index (χ1n) is 4.03. The molecular formula is C7H10N4O2S. The van der Waals surface area contributed by atoms with E-state index in [9.17, 15) is 0 Å². The molecule has 0 aliphatic carbocycles. The molecule has 14 heavy (non-hydrogen) atoms. The number of aliphatic hydroxyl groups is 2. The SMILES string of the molecule is OCC1=CC(=S)NC2=CN(CO)NN12. The van der Waals surface area contributed by atoms with Crippen LogP contribution in [0.15, 0.2) is 23.8 Å². The smallest absolute Gasteiger partial charge is 0.145 e. The molecule has 0 aromatic carbocycles. The molecule has 0 radical (unpaired) electrons. The highest BCUT2D eigenvalue weighted by atomic mass is 32.1. The van der Waals surface area contributed by atoms with Gasteiger partial charge in [-0.05, 0) is 6.08 Å². The van der Waals surface area contributed by atoms with Crippen molar-refractivity contribution in [3.8, 4) is 0 Å². The molecule has 0 aromatic rings. The van der Waals surface area contributed by atoms with Gasteiger partial charge in [0.25, 0.3) is 0 Å². The molecule has 0 unspecified atom stereocenters. The minimum Gasteiger partial charge on any atom is -0.390 e. The molecular weight excluding hydrogens is 204 g/mol. The van der Waals surface area contributed by atoms with E-state index >= 15 is 0 Å². The molecule has 2 heterocycles. The van der Waals surface area contributed by atoms with Gasteiger partial charge in [0.05, 0.1) is 18.5 Å². The van der Waals surface area contributed by atoms with Gasteiger partial charge < -0.3 is 15.5 Å². The number of rotatable bonds is 2. The first-order valence-corrected chi connectivity index (χ1v) is 4.43. The second-order valence-electron chi connectivity index (χ2n) is 2.84. The summed E-state index contributed by atoms with van der Waals surface area (Å²) in [6, 6.07) is 0. The third kappa shape index (κ3) is 1.46. The lowest BCUT2D eigenvalue weighted by atomic mass is 10.3. The second kappa shape index (κ2) is 3.54. The van der Waals surface area contributed by atoms with Crippen LogP contribution in [0.2, 0.25) is 0 Å². The van der Waals surface area contributed by atoms with Gasteiger partial charge in [-0.25, -0.2) is 5.01 Å². The summed E-state index contributed by atoms with van der Waals surface area (Å²) in [5.41, 5.74) is 3.47. The second-order valence-corrected chi connectivity index (χ2v) is 3.28. The average Bonchev–Trinajstić information content (AvgIpc) is 2.59. The predicted molar refractivity (Wildman–Crippen MR) is 52.9 cm³/mol. The van der Waals surface area contributed by atoms with Crippen molar-refractivity contribution in [2.75, 3.05) is 13.3 Å². The van der Waals surface area contributed by atoms with Crippen LogP contribution in [0, 0.1) is 0 Å². The fraction of sp³-hybridized carbons (Fsp3) is 0.286. The molecule has 76 valence electrons. The van der Waals surface area contributed by atoms with Crippen molar-refractivity contribution >= 4 is 17.2 Å². The van der Waals surface area contributed by atoms with E-state index in [0.29, 0.717) is 16.5 Å².